The van der Waals surface area contributed by atoms with Gasteiger partial charge in [-0.3, -0.25) is 4.79 Å². The molecule has 1 atom stereocenters. The predicted molar refractivity (Wildman–Crippen MR) is 81.0 cm³/mol. The number of rotatable bonds is 2. The van der Waals surface area contributed by atoms with Gasteiger partial charge in [-0.05, 0) is 24.3 Å². The van der Waals surface area contributed by atoms with E-state index in [1.54, 1.807) is 30.5 Å². The van der Waals surface area contributed by atoms with Crippen LogP contribution in [-0.4, -0.2) is 40.0 Å². The molecule has 1 aliphatic rings. The summed E-state index contributed by atoms with van der Waals surface area (Å²) >= 11 is 0. The molecule has 6 heteroatoms. The van der Waals surface area contributed by atoms with Gasteiger partial charge < -0.3 is 14.8 Å². The van der Waals surface area contributed by atoms with E-state index in [0.717, 1.165) is 12.4 Å². The van der Waals surface area contributed by atoms with Crippen LogP contribution < -0.4 is 5.32 Å². The summed E-state index contributed by atoms with van der Waals surface area (Å²) in [6, 6.07) is 8.73. The summed E-state index contributed by atoms with van der Waals surface area (Å²) in [5.41, 5.74) is 1.15. The topological polar surface area (TPSA) is 74.0 Å². The molecule has 1 amide bonds. The summed E-state index contributed by atoms with van der Waals surface area (Å²) < 4.78 is 1.94. The van der Waals surface area contributed by atoms with Gasteiger partial charge in [0.15, 0.2) is 0 Å². The lowest BCUT2D eigenvalue weighted by Crippen LogP contribution is -2.49. The molecule has 2 aromatic rings. The molecule has 1 aromatic carbocycles. The van der Waals surface area contributed by atoms with Gasteiger partial charge in [0.2, 0.25) is 0 Å². The second-order valence-electron chi connectivity index (χ2n) is 5.30. The number of imidazole rings is 1. The lowest BCUT2D eigenvalue weighted by molar-refractivity contribution is 0.0621. The van der Waals surface area contributed by atoms with Crippen molar-refractivity contribution in [2.24, 2.45) is 7.05 Å². The molecular formula is C16H17N5O. The first-order chi connectivity index (χ1) is 10.7. The number of benzene rings is 1. The number of nitriles is 1. The molecule has 1 N–H and O–H groups in total. The highest BCUT2D eigenvalue weighted by molar-refractivity contribution is 5.94. The largest absolute Gasteiger partial charge is 0.336 e. The molecule has 1 saturated heterocycles. The molecule has 1 aliphatic heterocycles. The number of hydrogen-bond donors (Lipinski definition) is 1. The van der Waals surface area contributed by atoms with Crippen molar-refractivity contribution in [1.82, 2.24) is 19.8 Å². The zero-order valence-electron chi connectivity index (χ0n) is 12.4. The molecule has 0 saturated carbocycles. The maximum atomic E-state index is 12.8. The number of nitrogens with zero attached hydrogens (tertiary/aromatic N) is 4. The van der Waals surface area contributed by atoms with Crippen molar-refractivity contribution in [2.45, 2.75) is 6.04 Å². The lowest BCUT2D eigenvalue weighted by atomic mass is 10.1. The number of aryl methyl sites for hydroxylation is 1. The Morgan fingerprint density at radius 3 is 2.82 bits per heavy atom. The number of nitrogens with one attached hydrogen (secondary N) is 1. The van der Waals surface area contributed by atoms with Crippen LogP contribution in [0.4, 0.5) is 0 Å². The maximum Gasteiger partial charge on any atom is 0.254 e. The van der Waals surface area contributed by atoms with Crippen molar-refractivity contribution in [3.63, 3.8) is 0 Å². The van der Waals surface area contributed by atoms with Crippen LogP contribution in [0.2, 0.25) is 0 Å². The first-order valence-electron chi connectivity index (χ1n) is 7.20. The quantitative estimate of drug-likeness (QED) is 0.899. The van der Waals surface area contributed by atoms with Crippen LogP contribution in [0.3, 0.4) is 0 Å². The van der Waals surface area contributed by atoms with E-state index in [1.807, 2.05) is 22.7 Å². The minimum absolute atomic E-state index is 0.0287. The standard InChI is InChI=1S/C16H17N5O/c1-20-8-7-19-15(20)14-11-18-6-9-21(14)16(22)13-4-2-12(10-17)3-5-13/h2-5,7-8,14,18H,6,9,11H2,1H3. The van der Waals surface area contributed by atoms with E-state index in [0.29, 0.717) is 24.2 Å². The second kappa shape index (κ2) is 6.00. The molecular weight excluding hydrogens is 278 g/mol. The zero-order chi connectivity index (χ0) is 15.5. The van der Waals surface area contributed by atoms with Crippen molar-refractivity contribution in [3.05, 3.63) is 53.6 Å². The second-order valence-corrected chi connectivity index (χ2v) is 5.30. The Balaban J connectivity index is 1.88. The normalized spacial score (nSPS) is 18.0. The number of hydrogen-bond acceptors (Lipinski definition) is 4. The molecule has 1 aromatic heterocycles. The summed E-state index contributed by atoms with van der Waals surface area (Å²) in [4.78, 5) is 19.0. The average Bonchev–Trinajstić information content (AvgIpc) is 3.00. The Morgan fingerprint density at radius 2 is 2.18 bits per heavy atom. The van der Waals surface area contributed by atoms with Gasteiger partial charge in [0.1, 0.15) is 11.9 Å². The van der Waals surface area contributed by atoms with Crippen molar-refractivity contribution in [2.75, 3.05) is 19.6 Å². The number of aromatic nitrogens is 2. The first kappa shape index (κ1) is 14.3. The number of carbonyl (C=O) groups excluding carboxylic acids is 1. The molecule has 112 valence electrons. The summed E-state index contributed by atoms with van der Waals surface area (Å²) in [5.74, 6) is 0.841. The van der Waals surface area contributed by atoms with Crippen LogP contribution in [0.25, 0.3) is 0 Å². The summed E-state index contributed by atoms with van der Waals surface area (Å²) in [7, 11) is 1.93. The Labute approximate surface area is 129 Å². The van der Waals surface area contributed by atoms with Gasteiger partial charge in [-0.25, -0.2) is 4.98 Å². The van der Waals surface area contributed by atoms with Crippen LogP contribution in [0, 0.1) is 11.3 Å². The fourth-order valence-electron chi connectivity index (χ4n) is 2.73. The van der Waals surface area contributed by atoms with Gasteiger partial charge in [0.05, 0.1) is 11.6 Å². The number of carbonyl (C=O) groups is 1. The Morgan fingerprint density at radius 1 is 1.41 bits per heavy atom. The molecule has 0 bridgehead atoms. The average molecular weight is 295 g/mol. The van der Waals surface area contributed by atoms with E-state index in [4.69, 9.17) is 5.26 Å². The zero-order valence-corrected chi connectivity index (χ0v) is 12.4. The monoisotopic (exact) mass is 295 g/mol. The minimum Gasteiger partial charge on any atom is -0.336 e. The third-order valence-corrected chi connectivity index (χ3v) is 3.92. The van der Waals surface area contributed by atoms with Crippen LogP contribution in [0.1, 0.15) is 27.8 Å². The molecule has 0 aliphatic carbocycles. The highest BCUT2D eigenvalue weighted by Gasteiger charge is 2.30. The van der Waals surface area contributed by atoms with Gasteiger partial charge in [0, 0.05) is 44.6 Å². The van der Waals surface area contributed by atoms with Crippen LogP contribution in [-0.2, 0) is 7.05 Å². The summed E-state index contributed by atoms with van der Waals surface area (Å²) in [6.07, 6.45) is 3.63. The predicted octanol–water partition coefficient (Wildman–Crippen LogP) is 1.08. The van der Waals surface area contributed by atoms with Gasteiger partial charge in [0.25, 0.3) is 5.91 Å². The lowest BCUT2D eigenvalue weighted by Gasteiger charge is -2.35. The highest BCUT2D eigenvalue weighted by Crippen LogP contribution is 2.22. The van der Waals surface area contributed by atoms with E-state index in [1.165, 1.54) is 0 Å². The van der Waals surface area contributed by atoms with Crippen molar-refractivity contribution >= 4 is 5.91 Å². The van der Waals surface area contributed by atoms with Crippen molar-refractivity contribution < 1.29 is 4.79 Å². The Hall–Kier alpha value is -2.65. The van der Waals surface area contributed by atoms with Crippen LogP contribution >= 0.6 is 0 Å². The third-order valence-electron chi connectivity index (χ3n) is 3.92. The number of piperazine rings is 1. The van der Waals surface area contributed by atoms with Crippen LogP contribution in [0.5, 0.6) is 0 Å². The highest BCUT2D eigenvalue weighted by atomic mass is 16.2. The van der Waals surface area contributed by atoms with E-state index in [-0.39, 0.29) is 11.9 Å². The fourth-order valence-corrected chi connectivity index (χ4v) is 2.73. The molecule has 1 fully saturated rings. The summed E-state index contributed by atoms with van der Waals surface area (Å²) in [5, 5.41) is 12.2. The smallest absolute Gasteiger partial charge is 0.254 e. The van der Waals surface area contributed by atoms with Gasteiger partial charge >= 0.3 is 0 Å². The molecule has 0 radical (unpaired) electrons. The van der Waals surface area contributed by atoms with Crippen molar-refractivity contribution in [3.8, 4) is 6.07 Å². The van der Waals surface area contributed by atoms with E-state index >= 15 is 0 Å². The number of amides is 1. The van der Waals surface area contributed by atoms with Crippen LogP contribution in [0.15, 0.2) is 36.7 Å². The van der Waals surface area contributed by atoms with Gasteiger partial charge in [-0.15, -0.1) is 0 Å². The van der Waals surface area contributed by atoms with E-state index < -0.39 is 0 Å². The third kappa shape index (κ3) is 2.59. The van der Waals surface area contributed by atoms with E-state index in [2.05, 4.69) is 16.4 Å². The van der Waals surface area contributed by atoms with E-state index in [9.17, 15) is 4.79 Å². The molecule has 6 nitrogen and oxygen atoms in total. The minimum atomic E-state index is -0.0862. The maximum absolute atomic E-state index is 12.8. The molecule has 2 heterocycles. The summed E-state index contributed by atoms with van der Waals surface area (Å²) in [6.45, 7) is 2.09. The van der Waals surface area contributed by atoms with Gasteiger partial charge in [-0.1, -0.05) is 0 Å². The Bertz CT molecular complexity index is 713. The van der Waals surface area contributed by atoms with Crippen molar-refractivity contribution in [1.29, 1.82) is 5.26 Å². The first-order valence-corrected chi connectivity index (χ1v) is 7.20. The Kier molecular flexibility index (Phi) is 3.90. The molecule has 0 spiro atoms. The van der Waals surface area contributed by atoms with Gasteiger partial charge in [-0.2, -0.15) is 5.26 Å². The molecule has 1 unspecified atom stereocenters. The SMILES string of the molecule is Cn1ccnc1C1CNCCN1C(=O)c1ccc(C#N)cc1. The fraction of sp³-hybridized carbons (Fsp3) is 0.312. The molecule has 3 rings (SSSR count). The molecule has 22 heavy (non-hydrogen) atoms.